The van der Waals surface area contributed by atoms with Crippen LogP contribution < -0.4 is 10.6 Å². The number of esters is 1. The Morgan fingerprint density at radius 1 is 1.18 bits per heavy atom. The average molecular weight is 395 g/mol. The molecule has 0 atom stereocenters. The summed E-state index contributed by atoms with van der Waals surface area (Å²) in [5, 5.41) is 7.19. The number of carbonyl (C=O) groups excluding carboxylic acids is 1. The lowest BCUT2D eigenvalue weighted by atomic mass is 9.86. The molecule has 0 aromatic carbocycles. The summed E-state index contributed by atoms with van der Waals surface area (Å²) in [6.45, 7) is 7.35. The van der Waals surface area contributed by atoms with Crippen LogP contribution >= 0.6 is 0 Å². The Labute approximate surface area is 169 Å². The van der Waals surface area contributed by atoms with Crippen molar-refractivity contribution in [2.24, 2.45) is 10.9 Å². The van der Waals surface area contributed by atoms with Crippen LogP contribution in [-0.2, 0) is 14.3 Å². The number of rotatable bonds is 6. The zero-order valence-corrected chi connectivity index (χ0v) is 17.7. The van der Waals surface area contributed by atoms with E-state index in [1.165, 1.54) is 25.9 Å². The van der Waals surface area contributed by atoms with Gasteiger partial charge in [-0.2, -0.15) is 0 Å². The van der Waals surface area contributed by atoms with Gasteiger partial charge in [-0.3, -0.25) is 14.7 Å². The molecule has 1 aliphatic carbocycles. The van der Waals surface area contributed by atoms with Crippen LogP contribution in [0.4, 0.5) is 0 Å². The molecular weight excluding hydrogens is 356 g/mol. The van der Waals surface area contributed by atoms with Gasteiger partial charge in [0.25, 0.3) is 0 Å². The van der Waals surface area contributed by atoms with E-state index in [2.05, 4.69) is 20.5 Å². The van der Waals surface area contributed by atoms with Crippen molar-refractivity contribution in [3.8, 4) is 0 Å². The van der Waals surface area contributed by atoms with Crippen LogP contribution in [0.15, 0.2) is 4.99 Å². The van der Waals surface area contributed by atoms with Gasteiger partial charge >= 0.3 is 5.97 Å². The van der Waals surface area contributed by atoms with E-state index >= 15 is 0 Å². The number of hydrogen-bond acceptors (Lipinski definition) is 5. The van der Waals surface area contributed by atoms with Gasteiger partial charge < -0.3 is 20.1 Å². The van der Waals surface area contributed by atoms with E-state index in [4.69, 9.17) is 9.47 Å². The van der Waals surface area contributed by atoms with Crippen LogP contribution in [0.5, 0.6) is 0 Å². The third kappa shape index (κ3) is 5.38. The highest BCUT2D eigenvalue weighted by Crippen LogP contribution is 2.31. The molecule has 0 bridgehead atoms. The summed E-state index contributed by atoms with van der Waals surface area (Å²) >= 11 is 0. The van der Waals surface area contributed by atoms with Crippen LogP contribution in [0.2, 0.25) is 0 Å². The number of ether oxygens (including phenoxy) is 2. The molecule has 0 amide bonds. The van der Waals surface area contributed by atoms with Gasteiger partial charge in [-0.25, -0.2) is 0 Å². The average Bonchev–Trinajstić information content (AvgIpc) is 3.28. The molecule has 0 aromatic rings. The van der Waals surface area contributed by atoms with Crippen molar-refractivity contribution >= 4 is 11.9 Å². The smallest absolute Gasteiger partial charge is 0.308 e. The fraction of sp³-hybridized carbons (Fsp3) is 0.905. The van der Waals surface area contributed by atoms with Crippen LogP contribution in [0.1, 0.15) is 58.3 Å². The van der Waals surface area contributed by atoms with Gasteiger partial charge in [0, 0.05) is 38.4 Å². The number of hydrogen-bond donors (Lipinski definition) is 2. The number of guanidine groups is 1. The Hall–Kier alpha value is -1.34. The number of aliphatic imine (C=N–C) groups is 1. The lowest BCUT2D eigenvalue weighted by molar-refractivity contribution is -0.149. The van der Waals surface area contributed by atoms with Crippen LogP contribution in [-0.4, -0.2) is 74.9 Å². The Bertz CT molecular complexity index is 520. The topological polar surface area (TPSA) is 75.2 Å². The van der Waals surface area contributed by atoms with E-state index in [0.29, 0.717) is 12.6 Å². The minimum absolute atomic E-state index is 0.0319. The lowest BCUT2D eigenvalue weighted by Crippen LogP contribution is -2.59. The first-order valence-electron chi connectivity index (χ1n) is 11.1. The molecule has 2 heterocycles. The second kappa shape index (κ2) is 10.4. The standard InChI is InChI=1S/C21H38N4O3/c1-3-28-19(26)17-6-8-18(9-7-17)24-20(22-2)23-16-21(10-14-27-15-11-21)25-12-4-5-13-25/h17-18H,3-16H2,1-2H3,(H2,22,23,24). The minimum Gasteiger partial charge on any atom is -0.466 e. The second-order valence-corrected chi connectivity index (χ2v) is 8.40. The Kier molecular flexibility index (Phi) is 7.97. The van der Waals surface area contributed by atoms with Gasteiger partial charge in [0.1, 0.15) is 0 Å². The number of likely N-dealkylation sites (tertiary alicyclic amines) is 1. The molecule has 2 saturated heterocycles. The van der Waals surface area contributed by atoms with Crippen molar-refractivity contribution in [3.05, 3.63) is 0 Å². The molecule has 3 aliphatic rings. The molecule has 3 fully saturated rings. The van der Waals surface area contributed by atoms with Gasteiger partial charge in [-0.05, 0) is 71.4 Å². The monoisotopic (exact) mass is 394 g/mol. The van der Waals surface area contributed by atoms with E-state index in [0.717, 1.165) is 64.2 Å². The first kappa shape index (κ1) is 21.4. The van der Waals surface area contributed by atoms with Crippen molar-refractivity contribution in [1.82, 2.24) is 15.5 Å². The fourth-order valence-corrected chi connectivity index (χ4v) is 4.92. The third-order valence-corrected chi connectivity index (χ3v) is 6.70. The maximum atomic E-state index is 11.9. The summed E-state index contributed by atoms with van der Waals surface area (Å²) in [5.41, 5.74) is 0.188. The highest BCUT2D eigenvalue weighted by molar-refractivity contribution is 5.80. The predicted octanol–water partition coefficient (Wildman–Crippen LogP) is 1.92. The molecule has 1 saturated carbocycles. The van der Waals surface area contributed by atoms with E-state index < -0.39 is 0 Å². The normalized spacial score (nSPS) is 28.7. The van der Waals surface area contributed by atoms with Gasteiger partial charge in [0.2, 0.25) is 0 Å². The zero-order chi connectivity index (χ0) is 19.8. The van der Waals surface area contributed by atoms with Gasteiger partial charge in [-0.15, -0.1) is 0 Å². The molecule has 7 heteroatoms. The summed E-state index contributed by atoms with van der Waals surface area (Å²) in [5.74, 6) is 0.911. The summed E-state index contributed by atoms with van der Waals surface area (Å²) in [7, 11) is 1.84. The number of nitrogens with zero attached hydrogens (tertiary/aromatic N) is 2. The van der Waals surface area contributed by atoms with E-state index in [9.17, 15) is 4.79 Å². The van der Waals surface area contributed by atoms with Crippen LogP contribution in [0.3, 0.4) is 0 Å². The molecule has 0 unspecified atom stereocenters. The Morgan fingerprint density at radius 2 is 1.86 bits per heavy atom. The minimum atomic E-state index is -0.0319. The van der Waals surface area contributed by atoms with Crippen LogP contribution in [0.25, 0.3) is 0 Å². The maximum absolute atomic E-state index is 11.9. The molecule has 2 N–H and O–H groups in total. The molecule has 160 valence electrons. The number of carbonyl (C=O) groups is 1. The van der Waals surface area contributed by atoms with E-state index in [1.807, 2.05) is 14.0 Å². The molecule has 0 spiro atoms. The molecule has 7 nitrogen and oxygen atoms in total. The first-order chi connectivity index (χ1) is 13.7. The van der Waals surface area contributed by atoms with Crippen molar-refractivity contribution in [1.29, 1.82) is 0 Å². The van der Waals surface area contributed by atoms with Gasteiger partial charge in [0.05, 0.1) is 12.5 Å². The van der Waals surface area contributed by atoms with Crippen molar-refractivity contribution < 1.29 is 14.3 Å². The fourth-order valence-electron chi connectivity index (χ4n) is 4.92. The molecule has 28 heavy (non-hydrogen) atoms. The number of nitrogens with one attached hydrogen (secondary N) is 2. The first-order valence-corrected chi connectivity index (χ1v) is 11.1. The zero-order valence-electron chi connectivity index (χ0n) is 17.7. The lowest BCUT2D eigenvalue weighted by Gasteiger charge is -2.45. The molecule has 0 aromatic heterocycles. The summed E-state index contributed by atoms with van der Waals surface area (Å²) in [4.78, 5) is 19.1. The summed E-state index contributed by atoms with van der Waals surface area (Å²) in [6, 6.07) is 0.370. The Morgan fingerprint density at radius 3 is 2.46 bits per heavy atom. The van der Waals surface area contributed by atoms with Gasteiger partial charge in [-0.1, -0.05) is 0 Å². The molecule has 0 radical (unpaired) electrons. The summed E-state index contributed by atoms with van der Waals surface area (Å²) in [6.07, 6.45) is 8.53. The largest absolute Gasteiger partial charge is 0.466 e. The quantitative estimate of drug-likeness (QED) is 0.407. The van der Waals surface area contributed by atoms with Crippen molar-refractivity contribution in [2.45, 2.75) is 69.9 Å². The van der Waals surface area contributed by atoms with E-state index in [1.54, 1.807) is 0 Å². The summed E-state index contributed by atoms with van der Waals surface area (Å²) < 4.78 is 10.8. The predicted molar refractivity (Wildman–Crippen MR) is 110 cm³/mol. The third-order valence-electron chi connectivity index (χ3n) is 6.70. The van der Waals surface area contributed by atoms with Crippen molar-refractivity contribution in [2.75, 3.05) is 46.5 Å². The highest BCUT2D eigenvalue weighted by Gasteiger charge is 2.39. The second-order valence-electron chi connectivity index (χ2n) is 8.40. The van der Waals surface area contributed by atoms with Gasteiger partial charge in [0.15, 0.2) is 5.96 Å². The van der Waals surface area contributed by atoms with E-state index in [-0.39, 0.29) is 17.4 Å². The van der Waals surface area contributed by atoms with Crippen molar-refractivity contribution in [3.63, 3.8) is 0 Å². The molecular formula is C21H38N4O3. The maximum Gasteiger partial charge on any atom is 0.308 e. The SMILES string of the molecule is CCOC(=O)C1CCC(NC(=NC)NCC2(N3CCCC3)CCOCC2)CC1. The molecule has 3 rings (SSSR count). The Balaban J connectivity index is 1.48. The molecule has 2 aliphatic heterocycles. The highest BCUT2D eigenvalue weighted by atomic mass is 16.5. The van der Waals surface area contributed by atoms with Crippen LogP contribution in [0, 0.1) is 5.92 Å².